The first kappa shape index (κ1) is 24.2. The van der Waals surface area contributed by atoms with Crippen LogP contribution in [0.3, 0.4) is 0 Å². The van der Waals surface area contributed by atoms with Gasteiger partial charge in [-0.05, 0) is 78.4 Å². The molecule has 2 aliphatic rings. The normalized spacial score (nSPS) is 17.2. The highest BCUT2D eigenvalue weighted by Crippen LogP contribution is 2.52. The highest BCUT2D eigenvalue weighted by Gasteiger charge is 2.52. The van der Waals surface area contributed by atoms with Crippen LogP contribution < -0.4 is 14.8 Å². The molecule has 3 aromatic rings. The molecule has 1 fully saturated rings. The molecule has 5 rings (SSSR count). The maximum atomic E-state index is 13.4. The molecule has 0 saturated heterocycles. The summed E-state index contributed by atoms with van der Waals surface area (Å²) in [6.07, 6.45) is -2.56. The van der Waals surface area contributed by atoms with Crippen molar-refractivity contribution in [1.82, 2.24) is 4.31 Å². The van der Waals surface area contributed by atoms with Gasteiger partial charge in [0.05, 0.1) is 10.3 Å². The van der Waals surface area contributed by atoms with Crippen LogP contribution in [0.25, 0.3) is 11.1 Å². The summed E-state index contributed by atoms with van der Waals surface area (Å²) in [6.45, 7) is 1.93. The smallest absolute Gasteiger partial charge is 0.395 e. The van der Waals surface area contributed by atoms with Crippen LogP contribution in [0.4, 0.5) is 14.5 Å². The van der Waals surface area contributed by atoms with E-state index < -0.39 is 21.7 Å². The van der Waals surface area contributed by atoms with E-state index in [1.807, 2.05) is 19.1 Å². The lowest BCUT2D eigenvalue weighted by molar-refractivity contribution is -0.286. The summed E-state index contributed by atoms with van der Waals surface area (Å²) in [5.41, 5.74) is 2.93. The van der Waals surface area contributed by atoms with Gasteiger partial charge >= 0.3 is 6.29 Å². The second-order valence-electron chi connectivity index (χ2n) is 9.21. The maximum absolute atomic E-state index is 13.4. The number of aryl methyl sites for hydroxylation is 1. The fraction of sp³-hybridized carbons (Fsp3) is 0.269. The van der Waals surface area contributed by atoms with Gasteiger partial charge in [0.2, 0.25) is 15.9 Å². The third-order valence-corrected chi connectivity index (χ3v) is 8.41. The van der Waals surface area contributed by atoms with Crippen molar-refractivity contribution in [1.29, 1.82) is 0 Å². The molecule has 1 heterocycles. The number of ether oxygens (including phenoxy) is 2. The zero-order chi connectivity index (χ0) is 25.9. The third kappa shape index (κ3) is 4.20. The number of nitrogens with one attached hydrogen (secondary N) is 1. The second kappa shape index (κ2) is 8.28. The Hall–Kier alpha value is -3.50. The average molecular weight is 515 g/mol. The van der Waals surface area contributed by atoms with Gasteiger partial charge in [-0.15, -0.1) is 8.78 Å². The monoisotopic (exact) mass is 514 g/mol. The molecule has 1 N–H and O–H groups in total. The first-order valence-electron chi connectivity index (χ1n) is 11.3. The van der Waals surface area contributed by atoms with Gasteiger partial charge < -0.3 is 14.8 Å². The van der Waals surface area contributed by atoms with Gasteiger partial charge in [-0.2, -0.15) is 0 Å². The Labute approximate surface area is 207 Å². The number of rotatable bonds is 6. The van der Waals surface area contributed by atoms with Crippen LogP contribution in [0.2, 0.25) is 0 Å². The molecule has 0 bridgehead atoms. The lowest BCUT2D eigenvalue weighted by atomic mass is 9.94. The number of alkyl halides is 2. The molecule has 10 heteroatoms. The minimum absolute atomic E-state index is 0.0625. The number of sulfonamides is 1. The standard InChI is InChI=1S/C26H24F2N2O5S/c1-16-4-8-19(15-21(16)17-5-9-20(10-6-17)36(32,33)30(2)3)29-24(31)25(12-13-25)18-7-11-22-23(14-18)35-26(27,28)34-22/h4-11,14-15H,12-13H2,1-3H3,(H,29,31). The number of nitrogens with zero attached hydrogens (tertiary/aromatic N) is 1. The fourth-order valence-electron chi connectivity index (χ4n) is 4.30. The average Bonchev–Trinajstić information content (AvgIpc) is 3.57. The highest BCUT2D eigenvalue weighted by molar-refractivity contribution is 7.89. The molecule has 1 aliphatic heterocycles. The lowest BCUT2D eigenvalue weighted by Gasteiger charge is -2.17. The summed E-state index contributed by atoms with van der Waals surface area (Å²) in [6, 6.07) is 16.5. The number of hydrogen-bond acceptors (Lipinski definition) is 5. The van der Waals surface area contributed by atoms with Gasteiger partial charge in [0.1, 0.15) is 0 Å². The number of fused-ring (bicyclic) bond motifs is 1. The predicted molar refractivity (Wildman–Crippen MR) is 130 cm³/mol. The second-order valence-corrected chi connectivity index (χ2v) is 11.4. The molecule has 0 radical (unpaired) electrons. The molecule has 0 spiro atoms. The van der Waals surface area contributed by atoms with E-state index in [1.54, 1.807) is 36.4 Å². The van der Waals surface area contributed by atoms with Crippen LogP contribution in [0.15, 0.2) is 65.6 Å². The van der Waals surface area contributed by atoms with Gasteiger partial charge in [-0.1, -0.05) is 24.3 Å². The van der Waals surface area contributed by atoms with Gasteiger partial charge in [-0.3, -0.25) is 4.79 Å². The molecule has 1 saturated carbocycles. The number of halogens is 2. The summed E-state index contributed by atoms with van der Waals surface area (Å²) in [5, 5.41) is 2.95. The first-order valence-corrected chi connectivity index (χ1v) is 12.7. The van der Waals surface area contributed by atoms with Crippen molar-refractivity contribution >= 4 is 21.6 Å². The van der Waals surface area contributed by atoms with E-state index in [0.717, 1.165) is 21.0 Å². The van der Waals surface area contributed by atoms with E-state index in [1.165, 1.54) is 26.2 Å². The van der Waals surface area contributed by atoms with Crippen molar-refractivity contribution in [2.45, 2.75) is 36.4 Å². The molecule has 188 valence electrons. The molecule has 36 heavy (non-hydrogen) atoms. The van der Waals surface area contributed by atoms with Crippen molar-refractivity contribution in [2.24, 2.45) is 0 Å². The molecule has 0 aromatic heterocycles. The van der Waals surface area contributed by atoms with E-state index in [-0.39, 0.29) is 22.3 Å². The summed E-state index contributed by atoms with van der Waals surface area (Å²) in [4.78, 5) is 13.5. The van der Waals surface area contributed by atoms with Crippen LogP contribution in [0.5, 0.6) is 11.5 Å². The van der Waals surface area contributed by atoms with Crippen LogP contribution in [0.1, 0.15) is 24.0 Å². The largest absolute Gasteiger partial charge is 0.586 e. The van der Waals surface area contributed by atoms with Crippen LogP contribution in [-0.4, -0.2) is 39.0 Å². The quantitative estimate of drug-likeness (QED) is 0.506. The van der Waals surface area contributed by atoms with Gasteiger partial charge in [0, 0.05) is 19.8 Å². The summed E-state index contributed by atoms with van der Waals surface area (Å²) in [7, 11) is -0.584. The number of carbonyl (C=O) groups excluding carboxylic acids is 1. The van der Waals surface area contributed by atoms with E-state index in [4.69, 9.17) is 0 Å². The molecule has 7 nitrogen and oxygen atoms in total. The number of benzene rings is 3. The Morgan fingerprint density at radius 2 is 1.61 bits per heavy atom. The molecular formula is C26H24F2N2O5S. The first-order chi connectivity index (χ1) is 16.9. The predicted octanol–water partition coefficient (Wildman–Crippen LogP) is 4.90. The Morgan fingerprint density at radius 1 is 0.944 bits per heavy atom. The Kier molecular flexibility index (Phi) is 5.57. The van der Waals surface area contributed by atoms with Crippen molar-refractivity contribution in [3.05, 3.63) is 71.8 Å². The number of carbonyl (C=O) groups is 1. The van der Waals surface area contributed by atoms with Crippen LogP contribution >= 0.6 is 0 Å². The molecule has 0 unspecified atom stereocenters. The zero-order valence-electron chi connectivity index (χ0n) is 19.8. The van der Waals surface area contributed by atoms with E-state index in [0.29, 0.717) is 24.1 Å². The van der Waals surface area contributed by atoms with Crippen molar-refractivity contribution < 1.29 is 31.5 Å². The van der Waals surface area contributed by atoms with Crippen LogP contribution in [0, 0.1) is 6.92 Å². The van der Waals surface area contributed by atoms with E-state index >= 15 is 0 Å². The Morgan fingerprint density at radius 3 is 2.25 bits per heavy atom. The minimum Gasteiger partial charge on any atom is -0.395 e. The van der Waals surface area contributed by atoms with Gasteiger partial charge in [-0.25, -0.2) is 12.7 Å². The van der Waals surface area contributed by atoms with Gasteiger partial charge in [0.25, 0.3) is 0 Å². The third-order valence-electron chi connectivity index (χ3n) is 6.58. The molecule has 0 atom stereocenters. The summed E-state index contributed by atoms with van der Waals surface area (Å²) < 4.78 is 61.7. The van der Waals surface area contributed by atoms with Crippen molar-refractivity contribution in [3.8, 4) is 22.6 Å². The lowest BCUT2D eigenvalue weighted by Crippen LogP contribution is -2.28. The SMILES string of the molecule is Cc1ccc(NC(=O)C2(c3ccc4c(c3)OC(F)(F)O4)CC2)cc1-c1ccc(S(=O)(=O)N(C)C)cc1. The number of anilines is 1. The zero-order valence-corrected chi connectivity index (χ0v) is 20.7. The van der Waals surface area contributed by atoms with Crippen LogP contribution in [-0.2, 0) is 20.2 Å². The number of amides is 1. The van der Waals surface area contributed by atoms with Gasteiger partial charge in [0.15, 0.2) is 11.5 Å². The fourth-order valence-corrected chi connectivity index (χ4v) is 5.20. The van der Waals surface area contributed by atoms with E-state index in [2.05, 4.69) is 14.8 Å². The topological polar surface area (TPSA) is 84.9 Å². The van der Waals surface area contributed by atoms with Crippen molar-refractivity contribution in [3.63, 3.8) is 0 Å². The molecule has 3 aromatic carbocycles. The Balaban J connectivity index is 1.38. The maximum Gasteiger partial charge on any atom is 0.586 e. The molecule has 1 amide bonds. The summed E-state index contributed by atoms with van der Waals surface area (Å²) >= 11 is 0. The highest BCUT2D eigenvalue weighted by atomic mass is 32.2. The number of hydrogen-bond donors (Lipinski definition) is 1. The van der Waals surface area contributed by atoms with E-state index in [9.17, 15) is 22.0 Å². The molecule has 1 aliphatic carbocycles. The van der Waals surface area contributed by atoms with Crippen molar-refractivity contribution in [2.75, 3.05) is 19.4 Å². The minimum atomic E-state index is -3.72. The Bertz CT molecular complexity index is 1470. The molecular weight excluding hydrogens is 490 g/mol. The summed E-state index contributed by atoms with van der Waals surface area (Å²) in [5.74, 6) is -0.392.